The molecule has 0 saturated heterocycles. The molecule has 0 radical (unpaired) electrons. The average molecular weight is 446 g/mol. The van der Waals surface area contributed by atoms with Gasteiger partial charge >= 0.3 is 0 Å². The van der Waals surface area contributed by atoms with Crippen LogP contribution in [0.5, 0.6) is 0 Å². The molecule has 0 bridgehead atoms. The molecule has 0 N–H and O–H groups in total. The van der Waals surface area contributed by atoms with Gasteiger partial charge in [0, 0.05) is 18.2 Å². The fourth-order valence-electron chi connectivity index (χ4n) is 2.79. The Morgan fingerprint density at radius 2 is 1.81 bits per heavy atom. The van der Waals surface area contributed by atoms with E-state index in [4.69, 9.17) is 0 Å². The zero-order valence-corrected chi connectivity index (χ0v) is 17.3. The van der Waals surface area contributed by atoms with Gasteiger partial charge < -0.3 is 0 Å². The molecule has 0 saturated carbocycles. The number of nitro benzene ring substituents is 1. The third-order valence-electron chi connectivity index (χ3n) is 4.37. The van der Waals surface area contributed by atoms with Crippen molar-refractivity contribution in [2.24, 2.45) is 5.10 Å². The molecule has 0 aliphatic carbocycles. The first-order valence-electron chi connectivity index (χ1n) is 9.41. The number of thiazole rings is 1. The Hall–Kier alpha value is -4.24. The normalized spacial score (nSPS) is 11.4. The molecule has 1 aromatic heterocycles. The maximum atomic E-state index is 13.6. The Kier molecular flexibility index (Phi) is 6.09. The van der Waals surface area contributed by atoms with Gasteiger partial charge in [0.25, 0.3) is 11.6 Å². The fraction of sp³-hybridized carbons (Fsp3) is 0. The highest BCUT2D eigenvalue weighted by atomic mass is 32.1. The van der Waals surface area contributed by atoms with E-state index in [1.807, 2.05) is 30.3 Å². The van der Waals surface area contributed by atoms with Gasteiger partial charge in [0.1, 0.15) is 5.82 Å². The van der Waals surface area contributed by atoms with Gasteiger partial charge in [0.05, 0.1) is 21.4 Å². The second-order valence-corrected chi connectivity index (χ2v) is 7.60. The zero-order valence-electron chi connectivity index (χ0n) is 16.5. The van der Waals surface area contributed by atoms with Crippen molar-refractivity contribution >= 4 is 50.6 Å². The first-order chi connectivity index (χ1) is 15.5. The van der Waals surface area contributed by atoms with Crippen LogP contribution in [0.15, 0.2) is 84.0 Å². The molecular formula is C23H15FN4O3S. The van der Waals surface area contributed by atoms with Gasteiger partial charge in [0.2, 0.25) is 5.13 Å². The fourth-order valence-corrected chi connectivity index (χ4v) is 3.74. The second kappa shape index (κ2) is 9.27. The minimum Gasteiger partial charge on any atom is -0.267 e. The number of carbonyl (C=O) groups is 1. The summed E-state index contributed by atoms with van der Waals surface area (Å²) in [6, 6.07) is 19.2. The molecule has 158 valence electrons. The Labute approximate surface area is 185 Å². The monoisotopic (exact) mass is 446 g/mol. The summed E-state index contributed by atoms with van der Waals surface area (Å²) in [5.41, 5.74) is 1.90. The van der Waals surface area contributed by atoms with Crippen LogP contribution < -0.4 is 5.01 Å². The molecule has 0 atom stereocenters. The van der Waals surface area contributed by atoms with Crippen LogP contribution in [0, 0.1) is 15.9 Å². The van der Waals surface area contributed by atoms with E-state index < -0.39 is 16.6 Å². The average Bonchev–Trinajstić information content (AvgIpc) is 3.21. The smallest absolute Gasteiger partial charge is 0.267 e. The highest BCUT2D eigenvalue weighted by Crippen LogP contribution is 2.30. The molecule has 0 fully saturated rings. The zero-order chi connectivity index (χ0) is 22.5. The standard InChI is InChI=1S/C23H15FN4O3S/c24-18-9-12-20-21(14-18)32-23(26-20)27(22(29)13-8-16-4-2-1-3-5-16)25-15-17-6-10-19(11-7-17)28(30)31/h1-15H/b13-8+,25-15+. The van der Waals surface area contributed by atoms with Crippen LogP contribution in [-0.4, -0.2) is 22.0 Å². The highest BCUT2D eigenvalue weighted by Gasteiger charge is 2.17. The van der Waals surface area contributed by atoms with Crippen LogP contribution >= 0.6 is 11.3 Å². The summed E-state index contributed by atoms with van der Waals surface area (Å²) >= 11 is 1.13. The third kappa shape index (κ3) is 4.90. The Morgan fingerprint density at radius 1 is 1.06 bits per heavy atom. The summed E-state index contributed by atoms with van der Waals surface area (Å²) in [5.74, 6) is -0.851. The summed E-state index contributed by atoms with van der Waals surface area (Å²) in [7, 11) is 0. The van der Waals surface area contributed by atoms with Gasteiger partial charge in [0.15, 0.2) is 0 Å². The Morgan fingerprint density at radius 3 is 2.53 bits per heavy atom. The second-order valence-electron chi connectivity index (χ2n) is 6.60. The predicted molar refractivity (Wildman–Crippen MR) is 123 cm³/mol. The lowest BCUT2D eigenvalue weighted by molar-refractivity contribution is -0.384. The number of anilines is 1. The number of halogens is 1. The molecule has 4 aromatic rings. The van der Waals surface area contributed by atoms with Crippen LogP contribution in [0.25, 0.3) is 16.3 Å². The molecule has 3 aromatic carbocycles. The number of hydrazone groups is 1. The maximum Gasteiger partial charge on any atom is 0.273 e. The summed E-state index contributed by atoms with van der Waals surface area (Å²) < 4.78 is 14.2. The van der Waals surface area contributed by atoms with Gasteiger partial charge in [-0.3, -0.25) is 14.9 Å². The number of fused-ring (bicyclic) bond motifs is 1. The molecule has 0 aliphatic rings. The van der Waals surface area contributed by atoms with E-state index >= 15 is 0 Å². The molecule has 4 rings (SSSR count). The lowest BCUT2D eigenvalue weighted by Crippen LogP contribution is -2.23. The number of benzene rings is 3. The van der Waals surface area contributed by atoms with Crippen molar-refractivity contribution in [1.82, 2.24) is 4.98 Å². The minimum atomic E-state index is -0.495. The van der Waals surface area contributed by atoms with Crippen LogP contribution in [0.3, 0.4) is 0 Å². The topological polar surface area (TPSA) is 88.7 Å². The number of non-ortho nitro benzene ring substituents is 1. The van der Waals surface area contributed by atoms with Crippen molar-refractivity contribution in [1.29, 1.82) is 0 Å². The number of hydrogen-bond acceptors (Lipinski definition) is 6. The molecule has 32 heavy (non-hydrogen) atoms. The van der Waals surface area contributed by atoms with E-state index in [1.165, 1.54) is 54.8 Å². The van der Waals surface area contributed by atoms with E-state index in [1.54, 1.807) is 6.08 Å². The van der Waals surface area contributed by atoms with Crippen LogP contribution in [0.2, 0.25) is 0 Å². The molecule has 9 heteroatoms. The largest absolute Gasteiger partial charge is 0.273 e. The van der Waals surface area contributed by atoms with Crippen molar-refractivity contribution in [2.45, 2.75) is 0 Å². The summed E-state index contributed by atoms with van der Waals surface area (Å²) in [5, 5.41) is 16.5. The van der Waals surface area contributed by atoms with Gasteiger partial charge in [-0.25, -0.2) is 9.37 Å². The lowest BCUT2D eigenvalue weighted by Gasteiger charge is -2.11. The minimum absolute atomic E-state index is 0.0472. The van der Waals surface area contributed by atoms with Crippen molar-refractivity contribution in [3.05, 3.63) is 106 Å². The van der Waals surface area contributed by atoms with Crippen LogP contribution in [0.1, 0.15) is 11.1 Å². The molecule has 1 amide bonds. The summed E-state index contributed by atoms with van der Waals surface area (Å²) in [6.07, 6.45) is 4.43. The third-order valence-corrected chi connectivity index (χ3v) is 5.37. The molecule has 1 heterocycles. The Bertz CT molecular complexity index is 1330. The number of nitrogens with zero attached hydrogens (tertiary/aromatic N) is 4. The maximum absolute atomic E-state index is 13.6. The van der Waals surface area contributed by atoms with E-state index in [0.29, 0.717) is 15.8 Å². The van der Waals surface area contributed by atoms with Crippen molar-refractivity contribution in [3.8, 4) is 0 Å². The highest BCUT2D eigenvalue weighted by molar-refractivity contribution is 7.22. The van der Waals surface area contributed by atoms with Crippen molar-refractivity contribution in [3.63, 3.8) is 0 Å². The van der Waals surface area contributed by atoms with Gasteiger partial charge in [-0.2, -0.15) is 10.1 Å². The number of hydrogen-bond donors (Lipinski definition) is 0. The molecule has 7 nitrogen and oxygen atoms in total. The van der Waals surface area contributed by atoms with Crippen molar-refractivity contribution in [2.75, 3.05) is 5.01 Å². The van der Waals surface area contributed by atoms with Crippen molar-refractivity contribution < 1.29 is 14.1 Å². The SMILES string of the molecule is O=C(/C=C/c1ccccc1)N(/N=C/c1ccc([N+](=O)[O-])cc1)c1nc2ccc(F)cc2s1. The van der Waals surface area contributed by atoms with Crippen LogP contribution in [-0.2, 0) is 4.79 Å². The van der Waals surface area contributed by atoms with E-state index in [0.717, 1.165) is 21.9 Å². The van der Waals surface area contributed by atoms with Crippen LogP contribution in [0.4, 0.5) is 15.2 Å². The molecule has 0 unspecified atom stereocenters. The number of amides is 1. The number of rotatable bonds is 6. The number of carbonyl (C=O) groups excluding carboxylic acids is 1. The van der Waals surface area contributed by atoms with E-state index in [-0.39, 0.29) is 10.8 Å². The number of nitro groups is 1. The Balaban J connectivity index is 1.67. The predicted octanol–water partition coefficient (Wildman–Crippen LogP) is 5.42. The quantitative estimate of drug-likeness (QED) is 0.171. The van der Waals surface area contributed by atoms with Gasteiger partial charge in [-0.15, -0.1) is 0 Å². The molecular weight excluding hydrogens is 431 g/mol. The van der Waals surface area contributed by atoms with Gasteiger partial charge in [-0.05, 0) is 47.5 Å². The molecule has 0 aliphatic heterocycles. The van der Waals surface area contributed by atoms with E-state index in [9.17, 15) is 19.3 Å². The summed E-state index contributed by atoms with van der Waals surface area (Å²) in [6.45, 7) is 0. The van der Waals surface area contributed by atoms with Gasteiger partial charge in [-0.1, -0.05) is 41.7 Å². The summed E-state index contributed by atoms with van der Waals surface area (Å²) in [4.78, 5) is 27.7. The first-order valence-corrected chi connectivity index (χ1v) is 10.2. The number of aromatic nitrogens is 1. The lowest BCUT2D eigenvalue weighted by atomic mass is 10.2. The first kappa shape index (κ1) is 21.0. The van der Waals surface area contributed by atoms with E-state index in [2.05, 4.69) is 10.1 Å². The molecule has 0 spiro atoms.